The van der Waals surface area contributed by atoms with Crippen LogP contribution in [0.2, 0.25) is 0 Å². The van der Waals surface area contributed by atoms with Crippen LogP contribution in [0.15, 0.2) is 12.1 Å². The fourth-order valence-corrected chi connectivity index (χ4v) is 6.14. The predicted molar refractivity (Wildman–Crippen MR) is 138 cm³/mol. The van der Waals surface area contributed by atoms with E-state index in [-0.39, 0.29) is 30.6 Å². The highest BCUT2D eigenvalue weighted by Crippen LogP contribution is 2.41. The number of aliphatic hydroxyl groups is 1. The van der Waals surface area contributed by atoms with E-state index >= 15 is 0 Å². The number of nitrogens with zero attached hydrogens (tertiary/aromatic N) is 1. The first-order valence-corrected chi connectivity index (χ1v) is 13.9. The number of carbonyl (C=O) groups is 1. The Balaban J connectivity index is 1.74. The molecular weight excluding hydrogens is 483 g/mol. The summed E-state index contributed by atoms with van der Waals surface area (Å²) in [5.41, 5.74) is -1.99. The molecule has 2 amide bonds. The van der Waals surface area contributed by atoms with Gasteiger partial charge in [-0.05, 0) is 57.6 Å². The summed E-state index contributed by atoms with van der Waals surface area (Å²) >= 11 is 0. The minimum absolute atomic E-state index is 0.00228. The van der Waals surface area contributed by atoms with E-state index in [0.29, 0.717) is 51.3 Å². The average Bonchev–Trinajstić information content (AvgIpc) is 2.90. The first-order valence-electron chi connectivity index (χ1n) is 13.9. The molecule has 3 N–H and O–H groups in total. The van der Waals surface area contributed by atoms with Gasteiger partial charge in [0.15, 0.2) is 17.5 Å². The molecule has 1 saturated heterocycles. The van der Waals surface area contributed by atoms with Gasteiger partial charge < -0.3 is 25.4 Å². The Morgan fingerprint density at radius 1 is 1.14 bits per heavy atom. The van der Waals surface area contributed by atoms with Gasteiger partial charge in [0.25, 0.3) is 0 Å². The molecule has 6 nitrogen and oxygen atoms in total. The molecule has 3 rings (SSSR count). The average molecular weight is 528 g/mol. The maximum absolute atomic E-state index is 14.9. The topological polar surface area (TPSA) is 73.8 Å². The van der Waals surface area contributed by atoms with Gasteiger partial charge in [0.1, 0.15) is 0 Å². The minimum Gasteiger partial charge on any atom is -0.385 e. The molecule has 210 valence electrons. The van der Waals surface area contributed by atoms with Crippen LogP contribution in [-0.2, 0) is 10.3 Å². The number of urea groups is 1. The number of methoxy groups -OCH3 is 1. The number of benzene rings is 1. The zero-order valence-corrected chi connectivity index (χ0v) is 22.3. The van der Waals surface area contributed by atoms with Crippen LogP contribution < -0.4 is 10.6 Å². The molecule has 37 heavy (non-hydrogen) atoms. The van der Waals surface area contributed by atoms with Crippen LogP contribution in [-0.4, -0.2) is 62.5 Å². The summed E-state index contributed by atoms with van der Waals surface area (Å²) in [4.78, 5) is 15.0. The van der Waals surface area contributed by atoms with Crippen molar-refractivity contribution >= 4 is 6.03 Å². The van der Waals surface area contributed by atoms with Crippen LogP contribution in [0.5, 0.6) is 0 Å². The lowest BCUT2D eigenvalue weighted by atomic mass is 9.74. The van der Waals surface area contributed by atoms with E-state index in [9.17, 15) is 23.1 Å². The lowest BCUT2D eigenvalue weighted by molar-refractivity contribution is -0.0592. The van der Waals surface area contributed by atoms with Crippen molar-refractivity contribution in [2.24, 2.45) is 11.8 Å². The largest absolute Gasteiger partial charge is 0.385 e. The van der Waals surface area contributed by atoms with Crippen molar-refractivity contribution in [3.05, 3.63) is 35.1 Å². The Morgan fingerprint density at radius 2 is 1.89 bits per heavy atom. The summed E-state index contributed by atoms with van der Waals surface area (Å²) in [6, 6.07) is 1.79. The molecule has 0 spiro atoms. The summed E-state index contributed by atoms with van der Waals surface area (Å²) in [6.07, 6.45) is 9.54. The van der Waals surface area contributed by atoms with Gasteiger partial charge in [0.2, 0.25) is 0 Å². The van der Waals surface area contributed by atoms with Crippen LogP contribution in [0.3, 0.4) is 0 Å². The highest BCUT2D eigenvalue weighted by Gasteiger charge is 2.43. The lowest BCUT2D eigenvalue weighted by Gasteiger charge is -2.43. The normalized spacial score (nSPS) is 21.5. The predicted octanol–water partition coefficient (Wildman–Crippen LogP) is 5.09. The summed E-state index contributed by atoms with van der Waals surface area (Å²) in [6.45, 7) is 1.88. The van der Waals surface area contributed by atoms with Gasteiger partial charge in [-0.25, -0.2) is 18.0 Å². The summed E-state index contributed by atoms with van der Waals surface area (Å²) in [7, 11) is 3.45. The van der Waals surface area contributed by atoms with Crippen molar-refractivity contribution in [3.63, 3.8) is 0 Å². The quantitative estimate of drug-likeness (QED) is 0.262. The van der Waals surface area contributed by atoms with Gasteiger partial charge in [0, 0.05) is 50.9 Å². The smallest absolute Gasteiger partial charge is 0.317 e. The van der Waals surface area contributed by atoms with E-state index < -0.39 is 29.0 Å². The highest BCUT2D eigenvalue weighted by atomic mass is 19.2. The number of piperidine rings is 1. The molecule has 0 bridgehead atoms. The Bertz CT molecular complexity index is 869. The fraction of sp³-hybridized carbons (Fsp3) is 0.750. The van der Waals surface area contributed by atoms with Gasteiger partial charge in [-0.1, -0.05) is 38.2 Å². The van der Waals surface area contributed by atoms with E-state index in [4.69, 9.17) is 4.74 Å². The van der Waals surface area contributed by atoms with Gasteiger partial charge in [-0.15, -0.1) is 0 Å². The molecule has 9 heteroatoms. The van der Waals surface area contributed by atoms with Crippen LogP contribution in [0.25, 0.3) is 0 Å². The van der Waals surface area contributed by atoms with Crippen LogP contribution in [0.1, 0.15) is 76.2 Å². The third-order valence-electron chi connectivity index (χ3n) is 8.16. The van der Waals surface area contributed by atoms with Crippen molar-refractivity contribution in [1.29, 1.82) is 0 Å². The molecule has 1 saturated carbocycles. The second-order valence-corrected chi connectivity index (χ2v) is 10.8. The number of nitrogens with one attached hydrogen (secondary N) is 2. The Labute approximate surface area is 219 Å². The number of hydrogen-bond donors (Lipinski definition) is 3. The molecule has 2 aliphatic rings. The number of unbranched alkanes of at least 4 members (excludes halogenated alkanes) is 1. The number of halogens is 3. The molecule has 2 fully saturated rings. The van der Waals surface area contributed by atoms with E-state index in [0.717, 1.165) is 18.6 Å². The zero-order chi connectivity index (χ0) is 26.8. The molecule has 3 atom stereocenters. The SMILES string of the molecule is CNCC(CC1CCCCC1)NC(=O)N1CCCC([C@@](O)(CCCCOC)c2ccc(F)c(F)c2F)C1. The molecule has 2 unspecified atom stereocenters. The molecule has 1 aliphatic carbocycles. The molecular formula is C28H44F3N3O3. The van der Waals surface area contributed by atoms with E-state index in [2.05, 4.69) is 10.6 Å². The van der Waals surface area contributed by atoms with Crippen molar-refractivity contribution in [3.8, 4) is 0 Å². The number of amides is 2. The number of rotatable bonds is 12. The standard InChI is InChI=1S/C28H44F3N3O3/c1-32-18-22(17-20-9-4-3-5-10-20)33-27(35)34-15-8-11-21(19-34)28(36,14-6-7-16-37-2)23-12-13-24(29)26(31)25(23)30/h12-13,20-22,32,36H,3-11,14-19H2,1-2H3,(H,33,35)/t21?,22?,28-/m0/s1. The first-order chi connectivity index (χ1) is 17.8. The summed E-state index contributed by atoms with van der Waals surface area (Å²) in [5.74, 6) is -4.15. The Kier molecular flexibility index (Phi) is 11.5. The molecule has 1 heterocycles. The fourth-order valence-electron chi connectivity index (χ4n) is 6.14. The highest BCUT2D eigenvalue weighted by molar-refractivity contribution is 5.74. The van der Waals surface area contributed by atoms with Crippen LogP contribution in [0.4, 0.5) is 18.0 Å². The maximum Gasteiger partial charge on any atom is 0.317 e. The number of likely N-dealkylation sites (tertiary alicyclic amines) is 1. The number of carbonyl (C=O) groups excluding carboxylic acids is 1. The Morgan fingerprint density at radius 3 is 2.59 bits per heavy atom. The number of hydrogen-bond acceptors (Lipinski definition) is 4. The van der Waals surface area contributed by atoms with Gasteiger partial charge in [0.05, 0.1) is 5.60 Å². The second kappa shape index (κ2) is 14.4. The van der Waals surface area contributed by atoms with Crippen LogP contribution in [0, 0.1) is 29.3 Å². The van der Waals surface area contributed by atoms with E-state index in [1.807, 2.05) is 7.05 Å². The van der Waals surface area contributed by atoms with E-state index in [1.54, 1.807) is 12.0 Å². The van der Waals surface area contributed by atoms with Crippen molar-refractivity contribution < 1.29 is 27.8 Å². The molecule has 1 aromatic carbocycles. The van der Waals surface area contributed by atoms with Gasteiger partial charge in [-0.3, -0.25) is 0 Å². The van der Waals surface area contributed by atoms with Crippen LogP contribution >= 0.6 is 0 Å². The molecule has 0 aromatic heterocycles. The van der Waals surface area contributed by atoms with Crippen molar-refractivity contribution in [2.45, 2.75) is 82.3 Å². The minimum atomic E-state index is -1.74. The first kappa shape index (κ1) is 29.7. The zero-order valence-electron chi connectivity index (χ0n) is 22.3. The summed E-state index contributed by atoms with van der Waals surface area (Å²) in [5, 5.41) is 18.2. The third-order valence-corrected chi connectivity index (χ3v) is 8.16. The van der Waals surface area contributed by atoms with Gasteiger partial charge >= 0.3 is 6.03 Å². The number of ether oxygens (including phenoxy) is 1. The van der Waals surface area contributed by atoms with Crippen molar-refractivity contribution in [1.82, 2.24) is 15.5 Å². The summed E-state index contributed by atoms with van der Waals surface area (Å²) < 4.78 is 47.9. The molecule has 1 aromatic rings. The third kappa shape index (κ3) is 7.83. The van der Waals surface area contributed by atoms with Crippen molar-refractivity contribution in [2.75, 3.05) is 40.4 Å². The second-order valence-electron chi connectivity index (χ2n) is 10.8. The maximum atomic E-state index is 14.9. The molecule has 1 aliphatic heterocycles. The molecule has 0 radical (unpaired) electrons. The van der Waals surface area contributed by atoms with Gasteiger partial charge in [-0.2, -0.15) is 0 Å². The number of likely N-dealkylation sites (N-methyl/N-ethyl adjacent to an activating group) is 1. The Hall–Kier alpha value is -1.84. The lowest BCUT2D eigenvalue weighted by Crippen LogP contribution is -2.54. The monoisotopic (exact) mass is 527 g/mol. The van der Waals surface area contributed by atoms with E-state index in [1.165, 1.54) is 32.1 Å².